The third kappa shape index (κ3) is 3.16. The number of hydrogen-bond donors (Lipinski definition) is 1. The Kier molecular flexibility index (Phi) is 4.88. The Morgan fingerprint density at radius 1 is 1.39 bits per heavy atom. The van der Waals surface area contributed by atoms with Crippen LogP contribution in [0.2, 0.25) is 0 Å². The molecule has 1 atom stereocenters. The molecule has 0 spiro atoms. The molecule has 0 amide bonds. The van der Waals surface area contributed by atoms with E-state index in [1.54, 1.807) is 0 Å². The molecule has 1 N–H and O–H groups in total. The van der Waals surface area contributed by atoms with E-state index >= 15 is 0 Å². The van der Waals surface area contributed by atoms with E-state index in [4.69, 9.17) is 11.6 Å². The topological polar surface area (TPSA) is 29.3 Å². The Morgan fingerprint density at radius 2 is 2.28 bits per heavy atom. The highest BCUT2D eigenvalue weighted by molar-refractivity contribution is 6.17. The van der Waals surface area contributed by atoms with E-state index in [9.17, 15) is 0 Å². The fraction of sp³-hybridized carbons (Fsp3) is 0.500. The lowest BCUT2D eigenvalue weighted by atomic mass is 10.0. The van der Waals surface area contributed by atoms with Crippen LogP contribution in [-0.2, 0) is 0 Å². The first-order chi connectivity index (χ1) is 8.85. The Balaban J connectivity index is 2.02. The van der Waals surface area contributed by atoms with Crippen LogP contribution in [-0.4, -0.2) is 21.8 Å². The van der Waals surface area contributed by atoms with Crippen molar-refractivity contribution in [1.82, 2.24) is 9.38 Å². The minimum atomic E-state index is 0.645. The molecule has 0 aliphatic carbocycles. The van der Waals surface area contributed by atoms with E-state index in [1.807, 2.05) is 24.5 Å². The van der Waals surface area contributed by atoms with Gasteiger partial charge in [0, 0.05) is 24.8 Å². The summed E-state index contributed by atoms with van der Waals surface area (Å²) in [6, 6.07) is 6.12. The molecule has 4 heteroatoms. The number of pyridine rings is 1. The second-order valence-corrected chi connectivity index (χ2v) is 4.96. The summed E-state index contributed by atoms with van der Waals surface area (Å²) in [6.07, 6.45) is 7.30. The predicted molar refractivity (Wildman–Crippen MR) is 77.4 cm³/mol. The van der Waals surface area contributed by atoms with Crippen molar-refractivity contribution in [3.8, 4) is 0 Å². The third-order valence-corrected chi connectivity index (χ3v) is 3.43. The molecule has 0 aromatic carbocycles. The molecule has 3 nitrogen and oxygen atoms in total. The molecule has 0 aliphatic rings. The molecule has 2 aromatic rings. The zero-order chi connectivity index (χ0) is 12.8. The maximum atomic E-state index is 5.85. The van der Waals surface area contributed by atoms with Gasteiger partial charge < -0.3 is 5.32 Å². The lowest BCUT2D eigenvalue weighted by molar-refractivity contribution is 0.489. The van der Waals surface area contributed by atoms with Gasteiger partial charge in [0.15, 0.2) is 0 Å². The molecular weight excluding hydrogens is 246 g/mol. The molecule has 2 rings (SSSR count). The van der Waals surface area contributed by atoms with Gasteiger partial charge >= 0.3 is 0 Å². The molecule has 0 fully saturated rings. The van der Waals surface area contributed by atoms with Crippen molar-refractivity contribution in [2.45, 2.75) is 26.2 Å². The molecule has 18 heavy (non-hydrogen) atoms. The molecule has 2 heterocycles. The van der Waals surface area contributed by atoms with Crippen molar-refractivity contribution >= 4 is 23.1 Å². The van der Waals surface area contributed by atoms with Gasteiger partial charge in [-0.1, -0.05) is 19.4 Å². The monoisotopic (exact) mass is 265 g/mol. The molecule has 1 unspecified atom stereocenters. The first kappa shape index (κ1) is 13.2. The summed E-state index contributed by atoms with van der Waals surface area (Å²) in [7, 11) is 0. The lowest BCUT2D eigenvalue weighted by Gasteiger charge is -2.17. The zero-order valence-electron chi connectivity index (χ0n) is 10.8. The van der Waals surface area contributed by atoms with Gasteiger partial charge in [0.25, 0.3) is 0 Å². The van der Waals surface area contributed by atoms with Gasteiger partial charge in [-0.3, -0.25) is 4.40 Å². The molecule has 0 saturated carbocycles. The number of rotatable bonds is 7. The average Bonchev–Trinajstić information content (AvgIpc) is 2.85. The molecule has 98 valence electrons. The molecular formula is C14H20ClN3. The van der Waals surface area contributed by atoms with Crippen LogP contribution >= 0.6 is 11.6 Å². The Morgan fingerprint density at radius 3 is 3.06 bits per heavy atom. The van der Waals surface area contributed by atoms with Crippen LogP contribution in [0.4, 0.5) is 5.82 Å². The van der Waals surface area contributed by atoms with Crippen LogP contribution in [0, 0.1) is 5.92 Å². The van der Waals surface area contributed by atoms with Crippen LogP contribution in [0.5, 0.6) is 0 Å². The fourth-order valence-electron chi connectivity index (χ4n) is 2.25. The largest absolute Gasteiger partial charge is 0.371 e. The number of hydrogen-bond acceptors (Lipinski definition) is 2. The van der Waals surface area contributed by atoms with Crippen molar-refractivity contribution in [3.05, 3.63) is 30.6 Å². The maximum absolute atomic E-state index is 5.85. The molecule has 0 bridgehead atoms. The lowest BCUT2D eigenvalue weighted by Crippen LogP contribution is -2.16. The smallest absolute Gasteiger partial charge is 0.138 e. The number of anilines is 1. The molecule has 0 aliphatic heterocycles. The Hall–Kier alpha value is -1.22. The van der Waals surface area contributed by atoms with E-state index in [-0.39, 0.29) is 0 Å². The van der Waals surface area contributed by atoms with Crippen LogP contribution in [0.3, 0.4) is 0 Å². The maximum Gasteiger partial charge on any atom is 0.138 e. The van der Waals surface area contributed by atoms with E-state index in [2.05, 4.69) is 27.7 Å². The van der Waals surface area contributed by atoms with E-state index in [1.165, 1.54) is 12.8 Å². The number of alkyl halides is 1. The van der Waals surface area contributed by atoms with Crippen molar-refractivity contribution in [3.63, 3.8) is 0 Å². The van der Waals surface area contributed by atoms with Crippen LogP contribution in [0.25, 0.3) is 5.65 Å². The molecule has 2 aromatic heterocycles. The summed E-state index contributed by atoms with van der Waals surface area (Å²) in [5, 5.41) is 3.51. The summed E-state index contributed by atoms with van der Waals surface area (Å²) in [6.45, 7) is 3.19. The van der Waals surface area contributed by atoms with Gasteiger partial charge in [-0.2, -0.15) is 0 Å². The predicted octanol–water partition coefficient (Wildman–Crippen LogP) is 3.79. The van der Waals surface area contributed by atoms with Crippen LogP contribution < -0.4 is 5.32 Å². The standard InChI is InChI=1S/C14H20ClN3/c1-2-4-12(7-8-15)11-17-14-6-3-5-13-16-9-10-18(13)14/h3,5-6,9-10,12,17H,2,4,7-8,11H2,1H3. The SMILES string of the molecule is CCCC(CCCl)CNc1cccc2nccn12. The third-order valence-electron chi connectivity index (χ3n) is 3.21. The summed E-state index contributed by atoms with van der Waals surface area (Å²) in [4.78, 5) is 4.28. The first-order valence-electron chi connectivity index (χ1n) is 6.57. The van der Waals surface area contributed by atoms with E-state index in [0.717, 1.165) is 30.3 Å². The number of aromatic nitrogens is 2. The quantitative estimate of drug-likeness (QED) is 0.772. The van der Waals surface area contributed by atoms with Gasteiger partial charge in [-0.05, 0) is 30.9 Å². The Bertz CT molecular complexity index is 475. The van der Waals surface area contributed by atoms with Gasteiger partial charge in [-0.15, -0.1) is 11.6 Å². The van der Waals surface area contributed by atoms with Crippen molar-refractivity contribution in [2.75, 3.05) is 17.7 Å². The van der Waals surface area contributed by atoms with Gasteiger partial charge in [0.2, 0.25) is 0 Å². The van der Waals surface area contributed by atoms with Crippen LogP contribution in [0.15, 0.2) is 30.6 Å². The summed E-state index contributed by atoms with van der Waals surface area (Å²) >= 11 is 5.85. The second-order valence-electron chi connectivity index (χ2n) is 4.58. The Labute approximate surface area is 113 Å². The van der Waals surface area contributed by atoms with Gasteiger partial charge in [0.1, 0.15) is 11.5 Å². The highest BCUT2D eigenvalue weighted by Crippen LogP contribution is 2.15. The van der Waals surface area contributed by atoms with Gasteiger partial charge in [0.05, 0.1) is 0 Å². The normalized spacial score (nSPS) is 12.8. The first-order valence-corrected chi connectivity index (χ1v) is 7.10. The average molecular weight is 266 g/mol. The second kappa shape index (κ2) is 6.64. The highest BCUT2D eigenvalue weighted by atomic mass is 35.5. The summed E-state index contributed by atoms with van der Waals surface area (Å²) in [5.41, 5.74) is 0.976. The molecule has 0 saturated heterocycles. The van der Waals surface area contributed by atoms with Crippen molar-refractivity contribution in [2.24, 2.45) is 5.92 Å². The number of nitrogens with one attached hydrogen (secondary N) is 1. The summed E-state index contributed by atoms with van der Waals surface area (Å²) < 4.78 is 2.07. The van der Waals surface area contributed by atoms with E-state index in [0.29, 0.717) is 5.92 Å². The number of imidazole rings is 1. The van der Waals surface area contributed by atoms with Gasteiger partial charge in [-0.25, -0.2) is 4.98 Å². The highest BCUT2D eigenvalue weighted by Gasteiger charge is 2.08. The number of fused-ring (bicyclic) bond motifs is 1. The van der Waals surface area contributed by atoms with Crippen LogP contribution in [0.1, 0.15) is 26.2 Å². The van der Waals surface area contributed by atoms with Crippen molar-refractivity contribution in [1.29, 1.82) is 0 Å². The summed E-state index contributed by atoms with van der Waals surface area (Å²) in [5.74, 6) is 2.48. The molecule has 0 radical (unpaired) electrons. The zero-order valence-corrected chi connectivity index (χ0v) is 11.5. The van der Waals surface area contributed by atoms with Crippen molar-refractivity contribution < 1.29 is 0 Å². The minimum Gasteiger partial charge on any atom is -0.371 e. The minimum absolute atomic E-state index is 0.645. The number of halogens is 1. The fourth-order valence-corrected chi connectivity index (χ4v) is 2.56. The number of nitrogens with zero attached hydrogens (tertiary/aromatic N) is 2. The van der Waals surface area contributed by atoms with E-state index < -0.39 is 0 Å².